The first-order valence-electron chi connectivity index (χ1n) is 4.90. The van der Waals surface area contributed by atoms with Crippen molar-refractivity contribution >= 4 is 49.0 Å². The van der Waals surface area contributed by atoms with E-state index in [4.69, 9.17) is 0 Å². The minimum absolute atomic E-state index is 0.192. The van der Waals surface area contributed by atoms with Crippen molar-refractivity contribution in [3.05, 3.63) is 54.6 Å². The van der Waals surface area contributed by atoms with Gasteiger partial charge in [0.1, 0.15) is 11.6 Å². The Kier molecular flexibility index (Phi) is 4.29. The van der Waals surface area contributed by atoms with Crippen LogP contribution in [0.2, 0.25) is 0 Å². The summed E-state index contributed by atoms with van der Waals surface area (Å²) in [5.74, 6) is -1.70. The molecule has 0 amide bonds. The number of Topliss-reactive ketones (excluding diaryl/α,β-unsaturated/α-hetero) is 1. The average Bonchev–Trinajstić information content (AvgIpc) is 2.64. The van der Waals surface area contributed by atoms with Gasteiger partial charge in [0.2, 0.25) is 0 Å². The Bertz CT molecular complexity index is 570. The minimum Gasteiger partial charge on any atom is -0.293 e. The molecule has 1 nitrogen and oxygen atoms in total. The van der Waals surface area contributed by atoms with Crippen molar-refractivity contribution in [2.75, 3.05) is 0 Å². The maximum absolute atomic E-state index is 13.4. The maximum Gasteiger partial charge on any atom is 0.177 e. The third kappa shape index (κ3) is 2.87. The van der Waals surface area contributed by atoms with Gasteiger partial charge >= 0.3 is 0 Å². The van der Waals surface area contributed by atoms with E-state index in [1.807, 2.05) is 0 Å². The largest absolute Gasteiger partial charge is 0.293 e. The first-order chi connectivity index (χ1) is 8.49. The lowest BCUT2D eigenvalue weighted by Crippen LogP contribution is -2.05. The molecule has 0 aliphatic heterocycles. The summed E-state index contributed by atoms with van der Waals surface area (Å²) < 4.78 is 28.3. The van der Waals surface area contributed by atoms with Crippen LogP contribution in [0.3, 0.4) is 0 Å². The van der Waals surface area contributed by atoms with Crippen LogP contribution < -0.4 is 0 Å². The zero-order valence-electron chi connectivity index (χ0n) is 8.84. The summed E-state index contributed by atoms with van der Waals surface area (Å²) in [6, 6.07) is 5.20. The average molecular weight is 396 g/mol. The number of hydrogen-bond donors (Lipinski definition) is 0. The molecule has 1 aromatic heterocycles. The fourth-order valence-corrected chi connectivity index (χ4v) is 3.41. The number of carbonyl (C=O) groups is 1. The SMILES string of the molecule is O=C(Cc1c(F)cccc1F)c1cc(Br)c(Br)s1. The van der Waals surface area contributed by atoms with E-state index in [0.717, 1.165) is 20.4 Å². The second-order valence-corrected chi connectivity index (χ2v) is 6.76. The lowest BCUT2D eigenvalue weighted by molar-refractivity contribution is 0.0994. The van der Waals surface area contributed by atoms with Gasteiger partial charge in [0, 0.05) is 16.5 Å². The number of rotatable bonds is 3. The van der Waals surface area contributed by atoms with Gasteiger partial charge in [-0.25, -0.2) is 8.78 Å². The van der Waals surface area contributed by atoms with Gasteiger partial charge in [-0.2, -0.15) is 0 Å². The molecule has 94 valence electrons. The normalized spacial score (nSPS) is 10.7. The number of benzene rings is 1. The molecule has 0 atom stereocenters. The molecule has 0 bridgehead atoms. The summed E-state index contributed by atoms with van der Waals surface area (Å²) in [6.45, 7) is 0. The fraction of sp³-hybridized carbons (Fsp3) is 0.0833. The van der Waals surface area contributed by atoms with Gasteiger partial charge in [0.25, 0.3) is 0 Å². The van der Waals surface area contributed by atoms with E-state index in [1.165, 1.54) is 17.4 Å². The Morgan fingerprint density at radius 3 is 2.33 bits per heavy atom. The number of halogens is 4. The molecular formula is C12H6Br2F2OS. The topological polar surface area (TPSA) is 17.1 Å². The summed E-state index contributed by atoms with van der Waals surface area (Å²) in [7, 11) is 0. The molecule has 0 fully saturated rings. The van der Waals surface area contributed by atoms with Crippen LogP contribution in [0.5, 0.6) is 0 Å². The van der Waals surface area contributed by atoms with Gasteiger partial charge < -0.3 is 0 Å². The van der Waals surface area contributed by atoms with E-state index in [0.29, 0.717) is 4.88 Å². The summed E-state index contributed by atoms with van der Waals surface area (Å²) >= 11 is 7.76. The van der Waals surface area contributed by atoms with E-state index < -0.39 is 11.6 Å². The van der Waals surface area contributed by atoms with E-state index >= 15 is 0 Å². The molecule has 0 aliphatic carbocycles. The summed E-state index contributed by atoms with van der Waals surface area (Å²) in [5.41, 5.74) is -0.192. The van der Waals surface area contributed by atoms with Crippen molar-refractivity contribution in [1.82, 2.24) is 0 Å². The van der Waals surface area contributed by atoms with Crippen molar-refractivity contribution in [3.63, 3.8) is 0 Å². The molecule has 0 radical (unpaired) electrons. The molecular weight excluding hydrogens is 390 g/mol. The number of thiophene rings is 1. The van der Waals surface area contributed by atoms with Crippen LogP contribution in [-0.4, -0.2) is 5.78 Å². The molecule has 0 unspecified atom stereocenters. The number of hydrogen-bond acceptors (Lipinski definition) is 2. The van der Waals surface area contributed by atoms with Gasteiger partial charge in [-0.1, -0.05) is 6.07 Å². The van der Waals surface area contributed by atoms with Gasteiger partial charge in [0.05, 0.1) is 8.66 Å². The first-order valence-corrected chi connectivity index (χ1v) is 7.30. The quantitative estimate of drug-likeness (QED) is 0.670. The highest BCUT2D eigenvalue weighted by molar-refractivity contribution is 9.13. The molecule has 0 N–H and O–H groups in total. The Morgan fingerprint density at radius 2 is 1.83 bits per heavy atom. The maximum atomic E-state index is 13.4. The zero-order chi connectivity index (χ0) is 13.3. The summed E-state index contributed by atoms with van der Waals surface area (Å²) in [6.07, 6.45) is -0.280. The van der Waals surface area contributed by atoms with Crippen LogP contribution >= 0.6 is 43.2 Å². The summed E-state index contributed by atoms with van der Waals surface area (Å²) in [4.78, 5) is 12.4. The van der Waals surface area contributed by atoms with E-state index in [2.05, 4.69) is 31.9 Å². The van der Waals surface area contributed by atoms with Crippen molar-refractivity contribution in [3.8, 4) is 0 Å². The van der Waals surface area contributed by atoms with E-state index in [-0.39, 0.29) is 17.8 Å². The van der Waals surface area contributed by atoms with E-state index in [9.17, 15) is 13.6 Å². The molecule has 0 saturated heterocycles. The molecule has 2 rings (SSSR count). The standard InChI is InChI=1S/C12H6Br2F2OS/c13-7-5-11(18-12(7)14)10(17)4-6-8(15)2-1-3-9(6)16/h1-3,5H,4H2. The molecule has 0 spiro atoms. The van der Waals surface area contributed by atoms with Gasteiger partial charge in [0.15, 0.2) is 5.78 Å². The monoisotopic (exact) mass is 394 g/mol. The van der Waals surface area contributed by atoms with Crippen LogP contribution in [-0.2, 0) is 6.42 Å². The van der Waals surface area contributed by atoms with Gasteiger partial charge in [-0.15, -0.1) is 11.3 Å². The van der Waals surface area contributed by atoms with Crippen molar-refractivity contribution in [2.45, 2.75) is 6.42 Å². The smallest absolute Gasteiger partial charge is 0.177 e. The molecule has 2 aromatic rings. The Morgan fingerprint density at radius 1 is 1.22 bits per heavy atom. The van der Waals surface area contributed by atoms with Crippen molar-refractivity contribution in [1.29, 1.82) is 0 Å². The second-order valence-electron chi connectivity index (χ2n) is 3.53. The summed E-state index contributed by atoms with van der Waals surface area (Å²) in [5, 5.41) is 0. The third-order valence-electron chi connectivity index (χ3n) is 2.32. The zero-order valence-corrected chi connectivity index (χ0v) is 12.8. The number of ketones is 1. The van der Waals surface area contributed by atoms with E-state index in [1.54, 1.807) is 6.07 Å². The third-order valence-corrected chi connectivity index (χ3v) is 5.62. The highest BCUT2D eigenvalue weighted by atomic mass is 79.9. The molecule has 0 aliphatic rings. The highest BCUT2D eigenvalue weighted by Gasteiger charge is 2.17. The second kappa shape index (κ2) is 5.59. The van der Waals surface area contributed by atoms with Gasteiger partial charge in [-0.3, -0.25) is 4.79 Å². The van der Waals surface area contributed by atoms with Crippen LogP contribution in [0, 0.1) is 11.6 Å². The van der Waals surface area contributed by atoms with Crippen LogP contribution in [0.15, 0.2) is 32.5 Å². The van der Waals surface area contributed by atoms with Gasteiger partial charge in [-0.05, 0) is 50.1 Å². The Hall–Kier alpha value is -0.590. The predicted molar refractivity (Wildman–Crippen MR) is 74.1 cm³/mol. The first kappa shape index (κ1) is 13.8. The fourth-order valence-electron chi connectivity index (χ4n) is 1.43. The molecule has 18 heavy (non-hydrogen) atoms. The Labute approximate surface area is 123 Å². The lowest BCUT2D eigenvalue weighted by Gasteiger charge is -2.02. The van der Waals surface area contributed by atoms with Crippen LogP contribution in [0.25, 0.3) is 0 Å². The predicted octanol–water partition coefficient (Wildman–Crippen LogP) is 4.98. The lowest BCUT2D eigenvalue weighted by atomic mass is 10.1. The molecule has 1 heterocycles. The highest BCUT2D eigenvalue weighted by Crippen LogP contribution is 2.33. The van der Waals surface area contributed by atoms with Crippen molar-refractivity contribution in [2.24, 2.45) is 0 Å². The molecule has 0 saturated carbocycles. The van der Waals surface area contributed by atoms with Crippen molar-refractivity contribution < 1.29 is 13.6 Å². The van der Waals surface area contributed by atoms with Crippen LogP contribution in [0.1, 0.15) is 15.2 Å². The Balaban J connectivity index is 2.27. The number of carbonyl (C=O) groups excluding carboxylic acids is 1. The molecule has 1 aromatic carbocycles. The minimum atomic E-state index is -0.696. The van der Waals surface area contributed by atoms with Crippen LogP contribution in [0.4, 0.5) is 8.78 Å². The molecule has 6 heteroatoms.